The molecule has 190 valence electrons. The molecule has 2 atom stereocenters. The van der Waals surface area contributed by atoms with Crippen LogP contribution in [0.3, 0.4) is 0 Å². The predicted octanol–water partition coefficient (Wildman–Crippen LogP) is 5.95. The molecule has 1 aromatic carbocycles. The van der Waals surface area contributed by atoms with Crippen LogP contribution in [0.2, 0.25) is 0 Å². The van der Waals surface area contributed by atoms with Crippen molar-refractivity contribution < 1.29 is 20.5 Å². The Morgan fingerprint density at radius 2 is 1.76 bits per heavy atom. The van der Waals surface area contributed by atoms with Crippen LogP contribution in [0.25, 0.3) is 0 Å². The summed E-state index contributed by atoms with van der Waals surface area (Å²) in [6.45, 7) is 10.7. The average molecular weight is 473 g/mol. The molecule has 1 heterocycles. The number of nitrogens with zero attached hydrogens (tertiary/aromatic N) is 1. The molecule has 2 fully saturated rings. The van der Waals surface area contributed by atoms with Gasteiger partial charge in [0.15, 0.2) is 5.78 Å². The fourth-order valence-corrected chi connectivity index (χ4v) is 5.15. The molecule has 1 saturated heterocycles. The third kappa shape index (κ3) is 7.07. The van der Waals surface area contributed by atoms with Gasteiger partial charge in [-0.1, -0.05) is 45.2 Å². The molecule has 1 aromatic rings. The van der Waals surface area contributed by atoms with E-state index in [1.165, 1.54) is 6.42 Å². The highest BCUT2D eigenvalue weighted by Crippen LogP contribution is 2.30. The first-order valence-electron chi connectivity index (χ1n) is 13.0. The highest BCUT2D eigenvalue weighted by molar-refractivity contribution is 5.98. The molecule has 1 aliphatic carbocycles. The maximum absolute atomic E-state index is 13.2. The first-order valence-corrected chi connectivity index (χ1v) is 13.0. The van der Waals surface area contributed by atoms with Crippen LogP contribution in [-0.4, -0.2) is 47.4 Å². The molecule has 34 heavy (non-hydrogen) atoms. The number of hydrogen-bond acceptors (Lipinski definition) is 4. The minimum Gasteiger partial charge on any atom is -0.444 e. The molecule has 0 aromatic heterocycles. The van der Waals surface area contributed by atoms with Crippen molar-refractivity contribution in [3.05, 3.63) is 35.4 Å². The predicted molar refractivity (Wildman–Crippen MR) is 136 cm³/mol. The van der Waals surface area contributed by atoms with Crippen LogP contribution in [0.1, 0.15) is 103 Å². The van der Waals surface area contributed by atoms with E-state index in [0.29, 0.717) is 18.7 Å². The van der Waals surface area contributed by atoms with E-state index in [-0.39, 0.29) is 37.0 Å². The minimum atomic E-state index is -0.523. The van der Waals surface area contributed by atoms with E-state index in [4.69, 9.17) is 4.74 Å². The Labute approximate surface area is 206 Å². The van der Waals surface area contributed by atoms with Gasteiger partial charge in [0.1, 0.15) is 5.60 Å². The molecule has 1 aliphatic heterocycles. The summed E-state index contributed by atoms with van der Waals surface area (Å²) in [4.78, 5) is 40.5. The highest BCUT2D eigenvalue weighted by atomic mass is 16.6. The number of ketones is 1. The van der Waals surface area contributed by atoms with Gasteiger partial charge in [0.2, 0.25) is 0 Å². The summed E-state index contributed by atoms with van der Waals surface area (Å²) in [7, 11) is 0. The van der Waals surface area contributed by atoms with Crippen LogP contribution in [0.4, 0.5) is 4.79 Å². The van der Waals surface area contributed by atoms with Gasteiger partial charge in [0.25, 0.3) is 5.91 Å². The Morgan fingerprint density at radius 3 is 2.41 bits per heavy atom. The van der Waals surface area contributed by atoms with E-state index in [2.05, 4.69) is 5.32 Å². The van der Waals surface area contributed by atoms with Gasteiger partial charge in [-0.3, -0.25) is 9.59 Å². The van der Waals surface area contributed by atoms with E-state index in [0.717, 1.165) is 44.1 Å². The quantitative estimate of drug-likeness (QED) is 0.555. The first-order chi connectivity index (χ1) is 16.0. The molecule has 1 saturated carbocycles. The Bertz CT molecular complexity index is 874. The van der Waals surface area contributed by atoms with Gasteiger partial charge < -0.3 is 15.0 Å². The van der Waals surface area contributed by atoms with Crippen molar-refractivity contribution in [3.63, 3.8) is 0 Å². The smallest absolute Gasteiger partial charge is 0.410 e. The highest BCUT2D eigenvalue weighted by Gasteiger charge is 2.33. The number of benzene rings is 1. The van der Waals surface area contributed by atoms with Gasteiger partial charge >= 0.3 is 6.09 Å². The van der Waals surface area contributed by atoms with Crippen molar-refractivity contribution in [3.8, 4) is 0 Å². The summed E-state index contributed by atoms with van der Waals surface area (Å²) < 4.78 is 5.56. The van der Waals surface area contributed by atoms with Crippen molar-refractivity contribution in [1.29, 1.82) is 0 Å². The van der Waals surface area contributed by atoms with Gasteiger partial charge in [-0.2, -0.15) is 0 Å². The number of Topliss-reactive ketones (excluding diaryl/α,β-unsaturated/α-hetero) is 1. The van der Waals surface area contributed by atoms with Crippen molar-refractivity contribution in [2.75, 3.05) is 13.1 Å². The number of nitrogens with one attached hydrogen (secondary N) is 1. The number of ether oxygens (including phenoxy) is 1. The number of likely N-dealkylation sites (tertiary alicyclic amines) is 1. The van der Waals surface area contributed by atoms with Crippen molar-refractivity contribution in [1.82, 2.24) is 10.2 Å². The van der Waals surface area contributed by atoms with Crippen LogP contribution >= 0.6 is 0 Å². The fourth-order valence-electron chi connectivity index (χ4n) is 5.15. The lowest BCUT2D eigenvalue weighted by Crippen LogP contribution is -2.48. The minimum absolute atomic E-state index is 0. The molecule has 0 spiro atoms. The zero-order valence-electron chi connectivity index (χ0n) is 21.6. The lowest BCUT2D eigenvalue weighted by molar-refractivity contribution is -0.125. The summed E-state index contributed by atoms with van der Waals surface area (Å²) in [6.07, 6.45) is 7.00. The van der Waals surface area contributed by atoms with Gasteiger partial charge in [-0.05, 0) is 70.1 Å². The largest absolute Gasteiger partial charge is 0.444 e. The van der Waals surface area contributed by atoms with Gasteiger partial charge in [-0.15, -0.1) is 0 Å². The molecular formula is C28H44N2O4. The number of rotatable bonds is 6. The van der Waals surface area contributed by atoms with Crippen LogP contribution in [-0.2, 0) is 9.53 Å². The van der Waals surface area contributed by atoms with Crippen LogP contribution in [0, 0.1) is 11.8 Å². The standard InChI is InChI=1S/C28H42N2O4.H2/c1-19(2)25(31)24(20-11-7-6-8-12-20)29-26(32)22-14-9-13-21(17-22)23-15-10-16-30(18-23)27(33)34-28(3,4)5;/h9,13-14,17,19-20,23-24H,6-8,10-12,15-16,18H2,1-5H3,(H,29,32);1H/t23?,24-;/m1./s1. The topological polar surface area (TPSA) is 75.7 Å². The van der Waals surface area contributed by atoms with E-state index >= 15 is 0 Å². The van der Waals surface area contributed by atoms with Crippen molar-refractivity contribution >= 4 is 17.8 Å². The van der Waals surface area contributed by atoms with E-state index in [1.807, 2.05) is 58.9 Å². The fraction of sp³-hybridized carbons (Fsp3) is 0.679. The molecule has 1 N–H and O–H groups in total. The Balaban J connectivity index is 0.00000432. The summed E-state index contributed by atoms with van der Waals surface area (Å²) in [5.74, 6) is 0.194. The lowest BCUT2D eigenvalue weighted by Gasteiger charge is -2.34. The van der Waals surface area contributed by atoms with Crippen LogP contribution in [0.15, 0.2) is 24.3 Å². The maximum Gasteiger partial charge on any atom is 0.410 e. The summed E-state index contributed by atoms with van der Waals surface area (Å²) >= 11 is 0. The molecule has 2 amide bonds. The third-order valence-electron chi connectivity index (χ3n) is 6.98. The molecule has 1 unspecified atom stereocenters. The van der Waals surface area contributed by atoms with E-state index in [9.17, 15) is 14.4 Å². The molecular weight excluding hydrogens is 428 g/mol. The Hall–Kier alpha value is -2.37. The second-order valence-electron chi connectivity index (χ2n) is 11.3. The van der Waals surface area contributed by atoms with Crippen LogP contribution in [0.5, 0.6) is 0 Å². The van der Waals surface area contributed by atoms with Crippen molar-refractivity contribution in [2.45, 2.75) is 97.1 Å². The number of carbonyl (C=O) groups is 3. The molecule has 0 bridgehead atoms. The van der Waals surface area contributed by atoms with Gasteiger partial charge in [0, 0.05) is 31.9 Å². The zero-order chi connectivity index (χ0) is 24.9. The number of carbonyl (C=O) groups excluding carboxylic acids is 3. The van der Waals surface area contributed by atoms with Gasteiger partial charge in [0.05, 0.1) is 6.04 Å². The lowest BCUT2D eigenvalue weighted by atomic mass is 9.80. The average Bonchev–Trinajstić information content (AvgIpc) is 2.81. The van der Waals surface area contributed by atoms with Crippen LogP contribution < -0.4 is 5.32 Å². The molecule has 3 rings (SSSR count). The van der Waals surface area contributed by atoms with Crippen molar-refractivity contribution in [2.24, 2.45) is 11.8 Å². The van der Waals surface area contributed by atoms with E-state index in [1.54, 1.807) is 4.90 Å². The number of hydrogen-bond donors (Lipinski definition) is 1. The molecule has 2 aliphatic rings. The molecule has 6 nitrogen and oxygen atoms in total. The summed E-state index contributed by atoms with van der Waals surface area (Å²) in [6, 6.07) is 7.24. The maximum atomic E-state index is 13.2. The third-order valence-corrected chi connectivity index (χ3v) is 6.98. The Morgan fingerprint density at radius 1 is 1.06 bits per heavy atom. The Kier molecular flexibility index (Phi) is 8.78. The number of piperidine rings is 1. The summed E-state index contributed by atoms with van der Waals surface area (Å²) in [5.41, 5.74) is 1.10. The normalized spacial score (nSPS) is 20.6. The number of amides is 2. The first kappa shape index (κ1) is 26.2. The second kappa shape index (κ2) is 11.4. The van der Waals surface area contributed by atoms with Gasteiger partial charge in [-0.25, -0.2) is 4.79 Å². The second-order valence-corrected chi connectivity index (χ2v) is 11.3. The molecule has 0 radical (unpaired) electrons. The monoisotopic (exact) mass is 472 g/mol. The zero-order valence-corrected chi connectivity index (χ0v) is 21.6. The van der Waals surface area contributed by atoms with E-state index < -0.39 is 11.6 Å². The summed E-state index contributed by atoms with van der Waals surface area (Å²) in [5, 5.41) is 3.09. The molecule has 6 heteroatoms. The SMILES string of the molecule is CC(C)C(=O)[C@H](NC(=O)c1cccc(C2CCCN(C(=O)OC(C)(C)C)C2)c1)C1CCCCC1.[HH].